The van der Waals surface area contributed by atoms with E-state index in [0.717, 1.165) is 5.56 Å². The molecular weight excluding hydrogens is 339 g/mol. The summed E-state index contributed by atoms with van der Waals surface area (Å²) in [5, 5.41) is 0. The summed E-state index contributed by atoms with van der Waals surface area (Å²) < 4.78 is 24.5. The van der Waals surface area contributed by atoms with Gasteiger partial charge in [0.2, 0.25) is 0 Å². The van der Waals surface area contributed by atoms with Crippen molar-refractivity contribution in [2.24, 2.45) is 0 Å². The van der Waals surface area contributed by atoms with Gasteiger partial charge in [0.15, 0.2) is 0 Å². The number of ether oxygens (including phenoxy) is 2. The molecule has 0 radical (unpaired) electrons. The van der Waals surface area contributed by atoms with Crippen LogP contribution in [0.4, 0.5) is 14.0 Å². The fourth-order valence-electron chi connectivity index (χ4n) is 2.06. The van der Waals surface area contributed by atoms with Crippen molar-refractivity contribution in [1.82, 2.24) is 9.80 Å². The van der Waals surface area contributed by atoms with Gasteiger partial charge in [0.05, 0.1) is 6.54 Å². The summed E-state index contributed by atoms with van der Waals surface area (Å²) in [6.07, 6.45) is -2.25. The number of carbonyl (C=O) groups is 2. The van der Waals surface area contributed by atoms with Gasteiger partial charge in [-0.25, -0.2) is 14.0 Å². The zero-order chi connectivity index (χ0) is 19.7. The van der Waals surface area contributed by atoms with Crippen molar-refractivity contribution >= 4 is 12.2 Å². The molecule has 6 nitrogen and oxygen atoms in total. The highest BCUT2D eigenvalue weighted by Gasteiger charge is 2.21. The van der Waals surface area contributed by atoms with Crippen LogP contribution < -0.4 is 0 Å². The number of carbonyl (C=O) groups excluding carboxylic acids is 2. The first-order chi connectivity index (χ1) is 12.1. The molecule has 1 atom stereocenters. The van der Waals surface area contributed by atoms with Gasteiger partial charge in [-0.3, -0.25) is 0 Å². The number of hydrogen-bond acceptors (Lipinski definition) is 4. The molecule has 0 saturated heterocycles. The van der Waals surface area contributed by atoms with Crippen LogP contribution in [0.3, 0.4) is 0 Å². The van der Waals surface area contributed by atoms with E-state index in [4.69, 9.17) is 9.47 Å². The van der Waals surface area contributed by atoms with Crippen LogP contribution in [0, 0.1) is 0 Å². The quantitative estimate of drug-likeness (QED) is 0.733. The Morgan fingerprint density at radius 2 is 1.69 bits per heavy atom. The molecule has 0 aliphatic rings. The first-order valence-corrected chi connectivity index (χ1v) is 8.58. The molecule has 1 rings (SSSR count). The standard InChI is InChI=1S/C19H29FN2O4/c1-19(2,3)26-18(24)21(4)12-11-16(20)13-22(5)17(23)25-14-15-9-7-6-8-10-15/h6-10,16H,11-14H2,1-5H3. The third-order valence-electron chi connectivity index (χ3n) is 3.47. The smallest absolute Gasteiger partial charge is 0.410 e. The zero-order valence-corrected chi connectivity index (χ0v) is 16.2. The van der Waals surface area contributed by atoms with Gasteiger partial charge in [-0.1, -0.05) is 30.3 Å². The van der Waals surface area contributed by atoms with E-state index in [9.17, 15) is 14.0 Å². The average Bonchev–Trinajstić information content (AvgIpc) is 2.56. The topological polar surface area (TPSA) is 59.1 Å². The highest BCUT2D eigenvalue weighted by molar-refractivity contribution is 5.68. The number of alkyl halides is 1. The lowest BCUT2D eigenvalue weighted by Gasteiger charge is -2.25. The number of amides is 2. The number of halogens is 1. The molecule has 0 bridgehead atoms. The molecule has 0 fully saturated rings. The predicted octanol–water partition coefficient (Wildman–Crippen LogP) is 3.85. The van der Waals surface area contributed by atoms with Crippen LogP contribution in [0.25, 0.3) is 0 Å². The Labute approximate surface area is 154 Å². The summed E-state index contributed by atoms with van der Waals surface area (Å²) in [6.45, 7) is 5.55. The highest BCUT2D eigenvalue weighted by atomic mass is 19.1. The van der Waals surface area contributed by atoms with Gasteiger partial charge in [0.1, 0.15) is 18.4 Å². The predicted molar refractivity (Wildman–Crippen MR) is 97.6 cm³/mol. The molecule has 0 aromatic heterocycles. The third-order valence-corrected chi connectivity index (χ3v) is 3.47. The second kappa shape index (κ2) is 9.99. The second-order valence-corrected chi connectivity index (χ2v) is 7.21. The van der Waals surface area contributed by atoms with Gasteiger partial charge in [-0.2, -0.15) is 0 Å². The van der Waals surface area contributed by atoms with E-state index in [1.807, 2.05) is 30.3 Å². The van der Waals surface area contributed by atoms with E-state index in [1.54, 1.807) is 27.8 Å². The van der Waals surface area contributed by atoms with Gasteiger partial charge >= 0.3 is 12.2 Å². The lowest BCUT2D eigenvalue weighted by atomic mass is 10.2. The molecule has 7 heteroatoms. The number of benzene rings is 1. The largest absolute Gasteiger partial charge is 0.445 e. The van der Waals surface area contributed by atoms with Crippen LogP contribution >= 0.6 is 0 Å². The van der Waals surface area contributed by atoms with E-state index in [-0.39, 0.29) is 26.1 Å². The van der Waals surface area contributed by atoms with Crippen LogP contribution in [0.2, 0.25) is 0 Å². The Balaban J connectivity index is 2.31. The minimum absolute atomic E-state index is 0.101. The lowest BCUT2D eigenvalue weighted by molar-refractivity contribution is 0.0282. The summed E-state index contributed by atoms with van der Waals surface area (Å²) in [5.74, 6) is 0. The molecule has 0 spiro atoms. The zero-order valence-electron chi connectivity index (χ0n) is 16.2. The van der Waals surface area contributed by atoms with Gasteiger partial charge in [0, 0.05) is 20.6 Å². The van der Waals surface area contributed by atoms with E-state index in [1.165, 1.54) is 16.8 Å². The SMILES string of the molecule is CN(CC(F)CCN(C)C(=O)OC(C)(C)C)C(=O)OCc1ccccc1. The Kier molecular flexibility index (Phi) is 8.35. The molecule has 146 valence electrons. The lowest BCUT2D eigenvalue weighted by Crippen LogP contribution is -2.37. The highest BCUT2D eigenvalue weighted by Crippen LogP contribution is 2.10. The van der Waals surface area contributed by atoms with Gasteiger partial charge in [-0.15, -0.1) is 0 Å². The Hall–Kier alpha value is -2.31. The maximum atomic E-state index is 14.1. The molecule has 0 aliphatic heterocycles. The van der Waals surface area contributed by atoms with Gasteiger partial charge < -0.3 is 19.3 Å². The normalized spacial score (nSPS) is 12.2. The Morgan fingerprint density at radius 3 is 2.27 bits per heavy atom. The monoisotopic (exact) mass is 368 g/mol. The van der Waals surface area contributed by atoms with Crippen molar-refractivity contribution in [3.8, 4) is 0 Å². The molecule has 26 heavy (non-hydrogen) atoms. The van der Waals surface area contributed by atoms with E-state index < -0.39 is 24.0 Å². The maximum Gasteiger partial charge on any atom is 0.410 e. The molecule has 1 unspecified atom stereocenters. The molecule has 0 saturated carbocycles. The summed E-state index contributed by atoms with van der Waals surface area (Å²) in [6, 6.07) is 9.27. The molecular formula is C19H29FN2O4. The first kappa shape index (κ1) is 21.7. The fourth-order valence-corrected chi connectivity index (χ4v) is 2.06. The third kappa shape index (κ3) is 8.69. The number of hydrogen-bond donors (Lipinski definition) is 0. The van der Waals surface area contributed by atoms with Crippen molar-refractivity contribution in [2.75, 3.05) is 27.2 Å². The maximum absolute atomic E-state index is 14.1. The van der Waals surface area contributed by atoms with Crippen molar-refractivity contribution in [3.05, 3.63) is 35.9 Å². The molecule has 0 aliphatic carbocycles. The Morgan fingerprint density at radius 1 is 1.08 bits per heavy atom. The van der Waals surface area contributed by atoms with Crippen molar-refractivity contribution in [1.29, 1.82) is 0 Å². The Bertz CT molecular complexity index is 575. The van der Waals surface area contributed by atoms with Crippen LogP contribution in [0.1, 0.15) is 32.8 Å². The molecule has 0 heterocycles. The minimum atomic E-state index is -1.27. The van der Waals surface area contributed by atoms with Crippen molar-refractivity contribution in [3.63, 3.8) is 0 Å². The molecule has 1 aromatic rings. The number of nitrogens with zero attached hydrogens (tertiary/aromatic N) is 2. The van der Waals surface area contributed by atoms with Crippen LogP contribution in [-0.4, -0.2) is 60.9 Å². The van der Waals surface area contributed by atoms with Gasteiger partial charge in [0.25, 0.3) is 0 Å². The van der Waals surface area contributed by atoms with Crippen LogP contribution in [0.15, 0.2) is 30.3 Å². The van der Waals surface area contributed by atoms with E-state index >= 15 is 0 Å². The minimum Gasteiger partial charge on any atom is -0.445 e. The van der Waals surface area contributed by atoms with E-state index in [0.29, 0.717) is 0 Å². The molecule has 1 aromatic carbocycles. The molecule has 0 N–H and O–H groups in total. The summed E-state index contributed by atoms with van der Waals surface area (Å²) in [5.41, 5.74) is 0.272. The first-order valence-electron chi connectivity index (χ1n) is 8.58. The van der Waals surface area contributed by atoms with E-state index in [2.05, 4.69) is 0 Å². The number of rotatable bonds is 7. The van der Waals surface area contributed by atoms with Crippen LogP contribution in [0.5, 0.6) is 0 Å². The molecule has 2 amide bonds. The second-order valence-electron chi connectivity index (χ2n) is 7.21. The summed E-state index contributed by atoms with van der Waals surface area (Å²) in [4.78, 5) is 26.2. The average molecular weight is 368 g/mol. The van der Waals surface area contributed by atoms with Gasteiger partial charge in [-0.05, 0) is 32.8 Å². The van der Waals surface area contributed by atoms with Crippen LogP contribution in [-0.2, 0) is 16.1 Å². The fraction of sp³-hybridized carbons (Fsp3) is 0.579. The summed E-state index contributed by atoms with van der Waals surface area (Å²) in [7, 11) is 3.04. The van der Waals surface area contributed by atoms with Crippen molar-refractivity contribution < 1.29 is 23.5 Å². The summed E-state index contributed by atoms with van der Waals surface area (Å²) >= 11 is 0. The van der Waals surface area contributed by atoms with Crippen molar-refractivity contribution in [2.45, 2.75) is 45.6 Å².